The van der Waals surface area contributed by atoms with Crippen molar-refractivity contribution in [1.29, 1.82) is 0 Å². The van der Waals surface area contributed by atoms with E-state index in [-0.39, 0.29) is 11.7 Å². The second kappa shape index (κ2) is 7.33. The standard InChI is InChI=1S/C20H22O4S/c1-4-12(2)18(22)20-19(24-14-7-5-13(21)6-8-14)16-10-9-15(23-3)11-17(16)25-20/h5-12,18,21-22H,4H2,1-3H3. The van der Waals surface area contributed by atoms with Crippen molar-refractivity contribution in [1.82, 2.24) is 0 Å². The second-order valence-corrected chi connectivity index (χ2v) is 7.17. The Morgan fingerprint density at radius 2 is 1.76 bits per heavy atom. The van der Waals surface area contributed by atoms with E-state index in [0.717, 1.165) is 27.1 Å². The zero-order valence-corrected chi connectivity index (χ0v) is 15.3. The molecule has 1 heterocycles. The zero-order valence-electron chi connectivity index (χ0n) is 14.5. The Morgan fingerprint density at radius 1 is 1.08 bits per heavy atom. The maximum Gasteiger partial charge on any atom is 0.151 e. The molecule has 0 aliphatic heterocycles. The first kappa shape index (κ1) is 17.6. The number of fused-ring (bicyclic) bond motifs is 1. The average molecular weight is 358 g/mol. The van der Waals surface area contributed by atoms with Crippen LogP contribution in [0.2, 0.25) is 0 Å². The van der Waals surface area contributed by atoms with Gasteiger partial charge in [0.2, 0.25) is 0 Å². The average Bonchev–Trinajstić information content (AvgIpc) is 2.99. The van der Waals surface area contributed by atoms with Gasteiger partial charge >= 0.3 is 0 Å². The molecule has 2 N–H and O–H groups in total. The molecule has 5 heteroatoms. The van der Waals surface area contributed by atoms with E-state index in [0.29, 0.717) is 11.5 Å². The molecule has 3 aromatic rings. The molecule has 2 aromatic carbocycles. The summed E-state index contributed by atoms with van der Waals surface area (Å²) in [5.41, 5.74) is 0. The van der Waals surface area contributed by atoms with Crippen molar-refractivity contribution < 1.29 is 19.7 Å². The number of aliphatic hydroxyl groups is 1. The second-order valence-electron chi connectivity index (χ2n) is 6.08. The molecular weight excluding hydrogens is 336 g/mol. The third-order valence-corrected chi connectivity index (χ3v) is 5.59. The fraction of sp³-hybridized carbons (Fsp3) is 0.300. The number of ether oxygens (including phenoxy) is 2. The molecule has 3 rings (SSSR count). The van der Waals surface area contributed by atoms with Crippen LogP contribution < -0.4 is 9.47 Å². The van der Waals surface area contributed by atoms with Crippen molar-refractivity contribution >= 4 is 21.4 Å². The lowest BCUT2D eigenvalue weighted by atomic mass is 10.00. The van der Waals surface area contributed by atoms with Crippen molar-refractivity contribution in [2.75, 3.05) is 7.11 Å². The van der Waals surface area contributed by atoms with E-state index in [9.17, 15) is 10.2 Å². The van der Waals surface area contributed by atoms with Gasteiger partial charge in [-0.05, 0) is 48.4 Å². The van der Waals surface area contributed by atoms with Crippen LogP contribution >= 0.6 is 11.3 Å². The van der Waals surface area contributed by atoms with Gasteiger partial charge in [0.25, 0.3) is 0 Å². The number of phenolic OH excluding ortho intramolecular Hbond substituents is 1. The fourth-order valence-corrected chi connectivity index (χ4v) is 3.89. The van der Waals surface area contributed by atoms with Gasteiger partial charge in [-0.15, -0.1) is 11.3 Å². The first-order chi connectivity index (χ1) is 12.0. The van der Waals surface area contributed by atoms with Crippen LogP contribution in [0.1, 0.15) is 31.2 Å². The Balaban J connectivity index is 2.10. The zero-order chi connectivity index (χ0) is 18.0. The summed E-state index contributed by atoms with van der Waals surface area (Å²) in [7, 11) is 1.64. The SMILES string of the molecule is CCC(C)C(O)c1sc2cc(OC)ccc2c1Oc1ccc(O)cc1. The number of aromatic hydroxyl groups is 1. The van der Waals surface area contributed by atoms with Crippen LogP contribution in [0, 0.1) is 5.92 Å². The third-order valence-electron chi connectivity index (χ3n) is 4.39. The van der Waals surface area contributed by atoms with Gasteiger partial charge in [-0.1, -0.05) is 20.3 Å². The Bertz CT molecular complexity index is 854. The number of thiophene rings is 1. The van der Waals surface area contributed by atoms with Crippen LogP contribution in [-0.4, -0.2) is 17.3 Å². The number of benzene rings is 2. The topological polar surface area (TPSA) is 58.9 Å². The van der Waals surface area contributed by atoms with Crippen LogP contribution in [0.3, 0.4) is 0 Å². The van der Waals surface area contributed by atoms with Crippen molar-refractivity contribution in [3.05, 3.63) is 47.3 Å². The third kappa shape index (κ3) is 3.57. The Kier molecular flexibility index (Phi) is 5.16. The molecular formula is C20H22O4S. The molecule has 0 bridgehead atoms. The number of phenols is 1. The molecule has 2 atom stereocenters. The minimum absolute atomic E-state index is 0.122. The molecule has 0 saturated carbocycles. The molecule has 0 fully saturated rings. The lowest BCUT2D eigenvalue weighted by Gasteiger charge is -2.17. The van der Waals surface area contributed by atoms with Crippen LogP contribution in [0.4, 0.5) is 0 Å². The van der Waals surface area contributed by atoms with Crippen molar-refractivity contribution in [3.8, 4) is 23.0 Å². The number of aliphatic hydroxyl groups excluding tert-OH is 1. The molecule has 2 unspecified atom stereocenters. The lowest BCUT2D eigenvalue weighted by Crippen LogP contribution is -2.07. The molecule has 1 aromatic heterocycles. The van der Waals surface area contributed by atoms with Crippen LogP contribution in [-0.2, 0) is 0 Å². The van der Waals surface area contributed by atoms with Crippen LogP contribution in [0.25, 0.3) is 10.1 Å². The summed E-state index contributed by atoms with van der Waals surface area (Å²) in [6.07, 6.45) is 0.276. The molecule has 0 aliphatic rings. The summed E-state index contributed by atoms with van der Waals surface area (Å²) in [6, 6.07) is 12.4. The Hall–Kier alpha value is -2.24. The molecule has 25 heavy (non-hydrogen) atoms. The molecule has 132 valence electrons. The monoisotopic (exact) mass is 358 g/mol. The number of hydrogen-bond acceptors (Lipinski definition) is 5. The first-order valence-electron chi connectivity index (χ1n) is 8.28. The van der Waals surface area contributed by atoms with E-state index in [1.807, 2.05) is 25.1 Å². The number of methoxy groups -OCH3 is 1. The van der Waals surface area contributed by atoms with E-state index >= 15 is 0 Å². The van der Waals surface area contributed by atoms with Gasteiger partial charge in [0.15, 0.2) is 5.75 Å². The summed E-state index contributed by atoms with van der Waals surface area (Å²) < 4.78 is 12.4. The van der Waals surface area contributed by atoms with Gasteiger partial charge in [0.05, 0.1) is 18.1 Å². The minimum atomic E-state index is -0.597. The van der Waals surface area contributed by atoms with E-state index < -0.39 is 6.10 Å². The van der Waals surface area contributed by atoms with Gasteiger partial charge in [0.1, 0.15) is 17.2 Å². The van der Waals surface area contributed by atoms with E-state index in [1.54, 1.807) is 31.4 Å². The van der Waals surface area contributed by atoms with Gasteiger partial charge in [-0.3, -0.25) is 0 Å². The smallest absolute Gasteiger partial charge is 0.151 e. The van der Waals surface area contributed by atoms with Gasteiger partial charge < -0.3 is 19.7 Å². The number of hydrogen-bond donors (Lipinski definition) is 2. The molecule has 0 spiro atoms. The van der Waals surface area contributed by atoms with Crippen LogP contribution in [0.15, 0.2) is 42.5 Å². The first-order valence-corrected chi connectivity index (χ1v) is 9.10. The fourth-order valence-electron chi connectivity index (χ4n) is 2.61. The van der Waals surface area contributed by atoms with Gasteiger partial charge in [0, 0.05) is 10.1 Å². The molecule has 0 radical (unpaired) electrons. The largest absolute Gasteiger partial charge is 0.508 e. The summed E-state index contributed by atoms with van der Waals surface area (Å²) >= 11 is 1.52. The summed E-state index contributed by atoms with van der Waals surface area (Å²) in [5, 5.41) is 21.2. The Morgan fingerprint density at radius 3 is 2.40 bits per heavy atom. The van der Waals surface area contributed by atoms with E-state index in [2.05, 4.69) is 6.92 Å². The predicted octanol–water partition coefficient (Wildman–Crippen LogP) is 5.49. The lowest BCUT2D eigenvalue weighted by molar-refractivity contribution is 0.117. The summed E-state index contributed by atoms with van der Waals surface area (Å²) in [5.74, 6) is 2.37. The molecule has 0 aliphatic carbocycles. The molecule has 0 amide bonds. The minimum Gasteiger partial charge on any atom is -0.508 e. The Labute approximate surface area is 151 Å². The number of rotatable bonds is 6. The molecule has 0 saturated heterocycles. The quantitative estimate of drug-likeness (QED) is 0.612. The summed E-state index contributed by atoms with van der Waals surface area (Å²) in [4.78, 5) is 0.811. The summed E-state index contributed by atoms with van der Waals surface area (Å²) in [6.45, 7) is 4.09. The van der Waals surface area contributed by atoms with Gasteiger partial charge in [-0.2, -0.15) is 0 Å². The van der Waals surface area contributed by atoms with E-state index in [1.165, 1.54) is 11.3 Å². The van der Waals surface area contributed by atoms with E-state index in [4.69, 9.17) is 9.47 Å². The normalized spacial score (nSPS) is 13.6. The van der Waals surface area contributed by atoms with Crippen molar-refractivity contribution in [3.63, 3.8) is 0 Å². The highest BCUT2D eigenvalue weighted by molar-refractivity contribution is 7.19. The predicted molar refractivity (Wildman–Crippen MR) is 101 cm³/mol. The molecule has 4 nitrogen and oxygen atoms in total. The highest BCUT2D eigenvalue weighted by Crippen LogP contribution is 2.46. The van der Waals surface area contributed by atoms with Crippen molar-refractivity contribution in [2.24, 2.45) is 5.92 Å². The highest BCUT2D eigenvalue weighted by atomic mass is 32.1. The van der Waals surface area contributed by atoms with Gasteiger partial charge in [-0.25, -0.2) is 0 Å². The van der Waals surface area contributed by atoms with Crippen LogP contribution in [0.5, 0.6) is 23.0 Å². The van der Waals surface area contributed by atoms with Crippen molar-refractivity contribution in [2.45, 2.75) is 26.4 Å². The maximum atomic E-state index is 10.8. The maximum absolute atomic E-state index is 10.8. The highest BCUT2D eigenvalue weighted by Gasteiger charge is 2.24.